The molecule has 4 rings (SSSR count). The Labute approximate surface area is 184 Å². The minimum atomic E-state index is -3.03. The van der Waals surface area contributed by atoms with Crippen LogP contribution in [0.25, 0.3) is 0 Å². The fraction of sp³-hybridized carbons (Fsp3) is 0.364. The lowest BCUT2D eigenvalue weighted by Crippen LogP contribution is -2.58. The van der Waals surface area contributed by atoms with Gasteiger partial charge in [-0.3, -0.25) is 19.0 Å². The van der Waals surface area contributed by atoms with Crippen molar-refractivity contribution in [2.24, 2.45) is 10.7 Å². The van der Waals surface area contributed by atoms with Crippen molar-refractivity contribution in [2.75, 3.05) is 6.67 Å². The van der Waals surface area contributed by atoms with E-state index >= 15 is 0 Å². The topological polar surface area (TPSA) is 85.4 Å². The number of alkyl halides is 1. The van der Waals surface area contributed by atoms with Crippen LogP contribution in [-0.2, 0) is 21.5 Å². The Kier molecular flexibility index (Phi) is 5.21. The zero-order valence-electron chi connectivity index (χ0n) is 16.9. The van der Waals surface area contributed by atoms with E-state index in [4.69, 9.17) is 17.3 Å². The Morgan fingerprint density at radius 2 is 2.13 bits per heavy atom. The number of benzene rings is 1. The van der Waals surface area contributed by atoms with Gasteiger partial charge in [-0.2, -0.15) is 0 Å². The number of hydrogen-bond donors (Lipinski definition) is 1. The van der Waals surface area contributed by atoms with E-state index in [9.17, 15) is 17.8 Å². The molecule has 2 aliphatic heterocycles. The van der Waals surface area contributed by atoms with Gasteiger partial charge in [0.1, 0.15) is 34.3 Å². The zero-order chi connectivity index (χ0) is 22.6. The summed E-state index contributed by atoms with van der Waals surface area (Å²) in [6.45, 7) is 0.732. The van der Waals surface area contributed by atoms with Crippen LogP contribution in [0.4, 0.5) is 8.78 Å². The van der Waals surface area contributed by atoms with E-state index in [1.165, 1.54) is 30.5 Å². The number of halogens is 3. The van der Waals surface area contributed by atoms with Gasteiger partial charge in [0, 0.05) is 18.2 Å². The summed E-state index contributed by atoms with van der Waals surface area (Å²) in [5, 5.41) is -0.250. The van der Waals surface area contributed by atoms with Crippen molar-refractivity contribution in [3.63, 3.8) is 0 Å². The van der Waals surface area contributed by atoms with Crippen molar-refractivity contribution >= 4 is 38.6 Å². The third kappa shape index (κ3) is 3.19. The van der Waals surface area contributed by atoms with Crippen LogP contribution < -0.4 is 5.73 Å². The maximum Gasteiger partial charge on any atom is 0.185 e. The first-order valence-electron chi connectivity index (χ1n) is 9.76. The van der Waals surface area contributed by atoms with Crippen LogP contribution in [-0.4, -0.2) is 43.4 Å². The Hall–Kier alpha value is -2.32. The summed E-state index contributed by atoms with van der Waals surface area (Å²) in [6, 6.07) is 7.39. The normalized spacial score (nSPS) is 32.0. The van der Waals surface area contributed by atoms with Gasteiger partial charge < -0.3 is 5.73 Å². The van der Waals surface area contributed by atoms with Gasteiger partial charge in [0.05, 0.1) is 10.3 Å². The summed E-state index contributed by atoms with van der Waals surface area (Å²) in [4.78, 5) is 21.1. The number of carbonyl (C=O) groups excluding carboxylic acids is 1. The second kappa shape index (κ2) is 7.38. The maximum absolute atomic E-state index is 15.0. The van der Waals surface area contributed by atoms with E-state index in [0.29, 0.717) is 17.0 Å². The van der Waals surface area contributed by atoms with Crippen LogP contribution in [0.2, 0.25) is 5.02 Å². The number of hydrogen-bond acceptors (Lipinski definition) is 5. The fourth-order valence-electron chi connectivity index (χ4n) is 4.73. The Morgan fingerprint density at radius 1 is 1.39 bits per heavy atom. The first-order chi connectivity index (χ1) is 14.5. The predicted octanol–water partition coefficient (Wildman–Crippen LogP) is 3.47. The molecule has 1 fully saturated rings. The van der Waals surface area contributed by atoms with E-state index in [1.54, 1.807) is 13.0 Å². The second-order valence-electron chi connectivity index (χ2n) is 8.30. The van der Waals surface area contributed by atoms with Crippen LogP contribution >= 0.6 is 11.6 Å². The van der Waals surface area contributed by atoms with Gasteiger partial charge in [-0.05, 0) is 65.0 Å². The molecule has 0 aliphatic carbocycles. The molecule has 2 N–H and O–H groups in total. The second-order valence-corrected chi connectivity index (χ2v) is 11.5. The lowest BCUT2D eigenvalue weighted by atomic mass is 9.85. The molecule has 2 aromatic rings. The highest BCUT2D eigenvalue weighted by Crippen LogP contribution is 2.51. The molecule has 164 valence electrons. The SMILES string of the molecule is C=S1(=O)C2CC[C@]1(CF)C(N)=N[C@]2(C)c1cc(CC(=O)c2ccc(Cl)cn2)ccc1F. The molecule has 1 aromatic heterocycles. The van der Waals surface area contributed by atoms with E-state index in [-0.39, 0.29) is 35.7 Å². The van der Waals surface area contributed by atoms with Gasteiger partial charge in [0.25, 0.3) is 0 Å². The molecular weight excluding hydrogens is 444 g/mol. The number of nitrogens with zero attached hydrogens (tertiary/aromatic N) is 2. The number of pyridine rings is 1. The predicted molar refractivity (Wildman–Crippen MR) is 120 cm³/mol. The van der Waals surface area contributed by atoms with E-state index in [1.807, 2.05) is 0 Å². The van der Waals surface area contributed by atoms with Gasteiger partial charge in [0.15, 0.2) is 5.78 Å². The Balaban J connectivity index is 1.75. The monoisotopic (exact) mass is 465 g/mol. The number of rotatable bonds is 5. The van der Waals surface area contributed by atoms with Crippen LogP contribution in [0.3, 0.4) is 0 Å². The maximum atomic E-state index is 15.0. The molecule has 31 heavy (non-hydrogen) atoms. The number of aromatic nitrogens is 1. The first-order valence-corrected chi connectivity index (χ1v) is 11.9. The van der Waals surface area contributed by atoms with Crippen LogP contribution in [0.15, 0.2) is 41.5 Å². The average Bonchev–Trinajstić information content (AvgIpc) is 2.93. The molecule has 0 amide bonds. The number of carbonyl (C=O) groups is 1. The summed E-state index contributed by atoms with van der Waals surface area (Å²) in [7, 11) is -3.03. The number of fused-ring (bicyclic) bond motifs is 2. The minimum absolute atomic E-state index is 0.0178. The van der Waals surface area contributed by atoms with E-state index in [2.05, 4.69) is 15.8 Å². The van der Waals surface area contributed by atoms with Crippen molar-refractivity contribution in [3.05, 3.63) is 64.2 Å². The third-order valence-corrected chi connectivity index (χ3v) is 10.2. The molecule has 1 aromatic carbocycles. The molecule has 0 saturated carbocycles. The molecule has 4 atom stereocenters. The smallest absolute Gasteiger partial charge is 0.185 e. The molecule has 1 saturated heterocycles. The Bertz CT molecular complexity index is 1200. The molecular formula is C22H22ClF2N3O2S. The minimum Gasteiger partial charge on any atom is -0.386 e. The van der Waals surface area contributed by atoms with Crippen molar-refractivity contribution in [3.8, 4) is 0 Å². The third-order valence-electron chi connectivity index (χ3n) is 6.55. The molecule has 5 nitrogen and oxygen atoms in total. The van der Waals surface area contributed by atoms with Crippen molar-refractivity contribution in [1.29, 1.82) is 0 Å². The average molecular weight is 466 g/mol. The summed E-state index contributed by atoms with van der Waals surface area (Å²) in [5.74, 6) is 2.94. The zero-order valence-corrected chi connectivity index (χ0v) is 18.5. The number of aliphatic imine (C=N–C) groups is 1. The summed E-state index contributed by atoms with van der Waals surface area (Å²) >= 11 is 5.81. The number of nitrogens with two attached hydrogens (primary N) is 1. The lowest BCUT2D eigenvalue weighted by molar-refractivity contribution is 0.0988. The summed E-state index contributed by atoms with van der Waals surface area (Å²) in [5.41, 5.74) is 5.78. The van der Waals surface area contributed by atoms with Crippen molar-refractivity contribution in [2.45, 2.75) is 41.7 Å². The standard InChI is InChI=1S/C22H22ClF2N3O2S/c1-21(19-7-8-22(12-24,20(26)28-21)31(19,2)30)15-9-13(3-5-16(15)25)10-18(29)17-6-4-14(23)11-27-17/h3-6,9,11,19H,2,7-8,10,12H2,1H3,(H2,26,28)/t19?,21-,22+,31?/m1/s1. The fourth-order valence-corrected chi connectivity index (χ4v) is 7.85. The molecule has 3 heterocycles. The van der Waals surface area contributed by atoms with E-state index in [0.717, 1.165) is 0 Å². The van der Waals surface area contributed by atoms with Crippen LogP contribution in [0, 0.1) is 5.82 Å². The highest BCUT2D eigenvalue weighted by atomic mass is 35.5. The molecule has 2 unspecified atom stereocenters. The lowest BCUT2D eigenvalue weighted by Gasteiger charge is -2.42. The highest BCUT2D eigenvalue weighted by Gasteiger charge is 2.61. The van der Waals surface area contributed by atoms with Gasteiger partial charge in [0.2, 0.25) is 0 Å². The highest BCUT2D eigenvalue weighted by molar-refractivity contribution is 8.03. The Morgan fingerprint density at radius 3 is 2.77 bits per heavy atom. The number of Topliss-reactive ketones (excluding diaryl/α,β-unsaturated/α-hetero) is 1. The van der Waals surface area contributed by atoms with Gasteiger partial charge in [-0.1, -0.05) is 17.7 Å². The molecule has 2 aliphatic rings. The molecule has 9 heteroatoms. The molecule has 0 spiro atoms. The number of ketones is 1. The number of amidine groups is 1. The van der Waals surface area contributed by atoms with Crippen molar-refractivity contribution < 1.29 is 17.8 Å². The van der Waals surface area contributed by atoms with Crippen molar-refractivity contribution in [1.82, 2.24) is 4.98 Å². The molecule has 2 bridgehead atoms. The largest absolute Gasteiger partial charge is 0.386 e. The summed E-state index contributed by atoms with van der Waals surface area (Å²) < 4.78 is 41.1. The van der Waals surface area contributed by atoms with Gasteiger partial charge in [-0.25, -0.2) is 8.78 Å². The van der Waals surface area contributed by atoms with E-state index < -0.39 is 37.5 Å². The van der Waals surface area contributed by atoms with Crippen LogP contribution in [0.1, 0.15) is 41.4 Å². The first kappa shape index (κ1) is 21.9. The summed E-state index contributed by atoms with van der Waals surface area (Å²) in [6.07, 6.45) is 1.98. The van der Waals surface area contributed by atoms with Gasteiger partial charge in [-0.15, -0.1) is 0 Å². The molecule has 0 radical (unpaired) electrons. The quantitative estimate of drug-likeness (QED) is 0.541. The van der Waals surface area contributed by atoms with Crippen LogP contribution in [0.5, 0.6) is 0 Å². The van der Waals surface area contributed by atoms with Gasteiger partial charge >= 0.3 is 0 Å².